The molecule has 0 spiro atoms. The van der Waals surface area contributed by atoms with Crippen LogP contribution >= 0.6 is 0 Å². The fourth-order valence-electron chi connectivity index (χ4n) is 1.76. The second kappa shape index (κ2) is 4.29. The van der Waals surface area contributed by atoms with Crippen LogP contribution < -0.4 is 5.73 Å². The third kappa shape index (κ3) is 1.93. The van der Waals surface area contributed by atoms with E-state index in [0.717, 1.165) is 22.6 Å². The lowest BCUT2D eigenvalue weighted by Gasteiger charge is -2.02. The molecule has 3 rings (SSSR count). The van der Waals surface area contributed by atoms with Gasteiger partial charge in [-0.25, -0.2) is 15.0 Å². The maximum absolute atomic E-state index is 5.57. The van der Waals surface area contributed by atoms with Crippen LogP contribution in [0.3, 0.4) is 0 Å². The summed E-state index contributed by atoms with van der Waals surface area (Å²) < 4.78 is 0. The van der Waals surface area contributed by atoms with Crippen LogP contribution in [0.25, 0.3) is 22.6 Å². The van der Waals surface area contributed by atoms with E-state index in [-0.39, 0.29) is 5.95 Å². The van der Waals surface area contributed by atoms with Crippen molar-refractivity contribution in [1.29, 1.82) is 0 Å². The average Bonchev–Trinajstić information content (AvgIpc) is 2.93. The van der Waals surface area contributed by atoms with E-state index in [0.29, 0.717) is 0 Å². The minimum atomic E-state index is 0.280. The van der Waals surface area contributed by atoms with Gasteiger partial charge in [-0.1, -0.05) is 24.3 Å². The van der Waals surface area contributed by atoms with Crippen LogP contribution in [-0.2, 0) is 0 Å². The van der Waals surface area contributed by atoms with Gasteiger partial charge in [-0.3, -0.25) is 0 Å². The monoisotopic (exact) mass is 237 g/mol. The number of rotatable bonds is 2. The fraction of sp³-hybridized carbons (Fsp3) is 0. The molecule has 0 bridgehead atoms. The molecule has 0 aliphatic carbocycles. The van der Waals surface area contributed by atoms with E-state index in [1.807, 2.05) is 30.3 Å². The number of nitrogen functional groups attached to an aromatic ring is 1. The van der Waals surface area contributed by atoms with Crippen molar-refractivity contribution in [1.82, 2.24) is 19.9 Å². The van der Waals surface area contributed by atoms with Gasteiger partial charge >= 0.3 is 0 Å². The van der Waals surface area contributed by atoms with Crippen LogP contribution in [0.4, 0.5) is 5.95 Å². The van der Waals surface area contributed by atoms with Gasteiger partial charge in [0.2, 0.25) is 5.95 Å². The van der Waals surface area contributed by atoms with E-state index in [1.165, 1.54) is 0 Å². The number of nitrogens with one attached hydrogen (secondary N) is 1. The molecule has 0 saturated heterocycles. The summed E-state index contributed by atoms with van der Waals surface area (Å²) in [6, 6.07) is 9.79. The first-order chi connectivity index (χ1) is 8.83. The molecule has 3 aromatic rings. The van der Waals surface area contributed by atoms with E-state index in [4.69, 9.17) is 5.73 Å². The van der Waals surface area contributed by atoms with E-state index >= 15 is 0 Å². The molecule has 18 heavy (non-hydrogen) atoms. The second-order valence-corrected chi connectivity index (χ2v) is 3.82. The molecular weight excluding hydrogens is 226 g/mol. The SMILES string of the molecule is Nc1nccc(-c2ccc(-c3ncc[nH]3)cc2)n1. The lowest BCUT2D eigenvalue weighted by atomic mass is 10.1. The Bertz CT molecular complexity index is 643. The van der Waals surface area contributed by atoms with Crippen molar-refractivity contribution in [3.63, 3.8) is 0 Å². The molecule has 0 saturated carbocycles. The Morgan fingerprint density at radius 1 is 0.889 bits per heavy atom. The summed E-state index contributed by atoms with van der Waals surface area (Å²) in [7, 11) is 0. The van der Waals surface area contributed by atoms with Crippen LogP contribution in [0.15, 0.2) is 48.9 Å². The molecule has 3 N–H and O–H groups in total. The van der Waals surface area contributed by atoms with E-state index in [2.05, 4.69) is 19.9 Å². The highest BCUT2D eigenvalue weighted by molar-refractivity contribution is 5.65. The highest BCUT2D eigenvalue weighted by Gasteiger charge is 2.03. The first kappa shape index (κ1) is 10.5. The molecule has 0 unspecified atom stereocenters. The molecule has 5 heteroatoms. The molecule has 0 aliphatic rings. The lowest BCUT2D eigenvalue weighted by Crippen LogP contribution is -1.95. The van der Waals surface area contributed by atoms with Crippen molar-refractivity contribution >= 4 is 5.95 Å². The number of anilines is 1. The van der Waals surface area contributed by atoms with Gasteiger partial charge in [-0.2, -0.15) is 0 Å². The summed E-state index contributed by atoms with van der Waals surface area (Å²) in [5.74, 6) is 1.13. The largest absolute Gasteiger partial charge is 0.368 e. The zero-order valence-corrected chi connectivity index (χ0v) is 9.54. The Hall–Kier alpha value is -2.69. The Morgan fingerprint density at radius 2 is 1.67 bits per heavy atom. The molecule has 0 radical (unpaired) electrons. The van der Waals surface area contributed by atoms with E-state index in [9.17, 15) is 0 Å². The van der Waals surface area contributed by atoms with Crippen molar-refractivity contribution < 1.29 is 0 Å². The van der Waals surface area contributed by atoms with Crippen molar-refractivity contribution in [2.75, 3.05) is 5.73 Å². The van der Waals surface area contributed by atoms with Crippen LogP contribution in [0.1, 0.15) is 0 Å². The standard InChI is InChI=1S/C13H11N5/c14-13-17-6-5-11(18-13)9-1-3-10(4-2-9)12-15-7-8-16-12/h1-8H,(H,15,16)(H2,14,17,18). The molecule has 2 heterocycles. The molecule has 0 atom stereocenters. The summed E-state index contributed by atoms with van der Waals surface area (Å²) in [5.41, 5.74) is 8.41. The third-order valence-electron chi connectivity index (χ3n) is 2.63. The van der Waals surface area contributed by atoms with E-state index < -0.39 is 0 Å². The minimum Gasteiger partial charge on any atom is -0.368 e. The quantitative estimate of drug-likeness (QED) is 0.715. The Labute approximate surface area is 104 Å². The second-order valence-electron chi connectivity index (χ2n) is 3.82. The minimum absolute atomic E-state index is 0.280. The van der Waals surface area contributed by atoms with Gasteiger partial charge in [-0.15, -0.1) is 0 Å². The first-order valence-corrected chi connectivity index (χ1v) is 5.51. The molecule has 88 valence electrons. The summed E-state index contributed by atoms with van der Waals surface area (Å²) in [5, 5.41) is 0. The van der Waals surface area contributed by atoms with Crippen molar-refractivity contribution in [3.05, 3.63) is 48.9 Å². The van der Waals surface area contributed by atoms with Crippen LogP contribution in [0.2, 0.25) is 0 Å². The number of nitrogens with zero attached hydrogens (tertiary/aromatic N) is 3. The molecular formula is C13H11N5. The summed E-state index contributed by atoms with van der Waals surface area (Å²) in [4.78, 5) is 15.3. The smallest absolute Gasteiger partial charge is 0.220 e. The van der Waals surface area contributed by atoms with Crippen molar-refractivity contribution in [2.45, 2.75) is 0 Å². The zero-order chi connectivity index (χ0) is 12.4. The van der Waals surface area contributed by atoms with Gasteiger partial charge in [0.15, 0.2) is 0 Å². The summed E-state index contributed by atoms with van der Waals surface area (Å²) >= 11 is 0. The number of hydrogen-bond acceptors (Lipinski definition) is 4. The van der Waals surface area contributed by atoms with Gasteiger partial charge in [0.25, 0.3) is 0 Å². The van der Waals surface area contributed by atoms with Gasteiger partial charge in [0.05, 0.1) is 5.69 Å². The number of aromatic amines is 1. The van der Waals surface area contributed by atoms with Crippen LogP contribution in [0.5, 0.6) is 0 Å². The zero-order valence-electron chi connectivity index (χ0n) is 9.54. The van der Waals surface area contributed by atoms with Crippen molar-refractivity contribution in [2.24, 2.45) is 0 Å². The predicted octanol–water partition coefficient (Wildman–Crippen LogP) is 2.12. The number of imidazole rings is 1. The summed E-state index contributed by atoms with van der Waals surface area (Å²) in [6.45, 7) is 0. The average molecular weight is 237 g/mol. The Balaban J connectivity index is 1.96. The number of aromatic nitrogens is 4. The predicted molar refractivity (Wildman–Crippen MR) is 69.5 cm³/mol. The molecule has 0 fully saturated rings. The number of nitrogens with two attached hydrogens (primary N) is 1. The first-order valence-electron chi connectivity index (χ1n) is 5.51. The highest BCUT2D eigenvalue weighted by atomic mass is 15.0. The molecule has 2 aromatic heterocycles. The normalized spacial score (nSPS) is 10.4. The number of H-pyrrole nitrogens is 1. The van der Waals surface area contributed by atoms with Crippen LogP contribution in [-0.4, -0.2) is 19.9 Å². The molecule has 1 aromatic carbocycles. The Kier molecular flexibility index (Phi) is 2.49. The topological polar surface area (TPSA) is 80.5 Å². The van der Waals surface area contributed by atoms with Crippen molar-refractivity contribution in [3.8, 4) is 22.6 Å². The van der Waals surface area contributed by atoms with Gasteiger partial charge < -0.3 is 10.7 Å². The maximum Gasteiger partial charge on any atom is 0.220 e. The third-order valence-corrected chi connectivity index (χ3v) is 2.63. The van der Waals surface area contributed by atoms with Gasteiger partial charge in [0, 0.05) is 29.7 Å². The molecule has 5 nitrogen and oxygen atoms in total. The number of hydrogen-bond donors (Lipinski definition) is 2. The Morgan fingerprint density at radius 3 is 2.33 bits per heavy atom. The highest BCUT2D eigenvalue weighted by Crippen LogP contribution is 2.21. The maximum atomic E-state index is 5.57. The molecule has 0 amide bonds. The molecule has 0 aliphatic heterocycles. The summed E-state index contributed by atoms with van der Waals surface area (Å²) in [6.07, 6.45) is 5.18. The van der Waals surface area contributed by atoms with Gasteiger partial charge in [0.1, 0.15) is 5.82 Å². The number of benzene rings is 1. The van der Waals surface area contributed by atoms with Crippen LogP contribution in [0, 0.1) is 0 Å². The lowest BCUT2D eigenvalue weighted by molar-refractivity contribution is 1.19. The van der Waals surface area contributed by atoms with Gasteiger partial charge in [-0.05, 0) is 6.07 Å². The van der Waals surface area contributed by atoms with E-state index in [1.54, 1.807) is 18.6 Å². The fourth-order valence-corrected chi connectivity index (χ4v) is 1.76.